The van der Waals surface area contributed by atoms with Gasteiger partial charge in [0.1, 0.15) is 5.82 Å². The zero-order valence-corrected chi connectivity index (χ0v) is 10.8. The highest BCUT2D eigenvalue weighted by Crippen LogP contribution is 2.18. The average molecular weight is 221 g/mol. The van der Waals surface area contributed by atoms with Crippen molar-refractivity contribution in [3.05, 3.63) is 23.4 Å². The molecule has 0 radical (unpaired) electrons. The van der Waals surface area contributed by atoms with E-state index in [1.165, 1.54) is 0 Å². The first-order valence-electron chi connectivity index (χ1n) is 6.02. The summed E-state index contributed by atoms with van der Waals surface area (Å²) in [6.07, 6.45) is 2.28. The maximum absolute atomic E-state index is 5.68. The van der Waals surface area contributed by atoms with E-state index in [4.69, 9.17) is 5.73 Å². The van der Waals surface area contributed by atoms with Crippen LogP contribution in [0.4, 0.5) is 5.82 Å². The van der Waals surface area contributed by atoms with Crippen molar-refractivity contribution in [1.29, 1.82) is 0 Å². The van der Waals surface area contributed by atoms with Gasteiger partial charge in [0.15, 0.2) is 0 Å². The molecule has 3 heteroatoms. The summed E-state index contributed by atoms with van der Waals surface area (Å²) in [5, 5.41) is 0. The lowest BCUT2D eigenvalue weighted by Crippen LogP contribution is -2.31. The molecule has 0 aromatic carbocycles. The number of hydrogen-bond acceptors (Lipinski definition) is 3. The van der Waals surface area contributed by atoms with Crippen LogP contribution in [0.15, 0.2) is 12.1 Å². The molecule has 0 unspecified atom stereocenters. The monoisotopic (exact) mass is 221 g/mol. The minimum absolute atomic E-state index is 0.555. The second-order valence-electron chi connectivity index (χ2n) is 4.26. The summed E-state index contributed by atoms with van der Waals surface area (Å²) in [4.78, 5) is 6.82. The van der Waals surface area contributed by atoms with E-state index >= 15 is 0 Å². The van der Waals surface area contributed by atoms with Crippen LogP contribution in [-0.2, 0) is 6.54 Å². The molecule has 0 amide bonds. The molecule has 1 heterocycles. The molecule has 0 aliphatic carbocycles. The van der Waals surface area contributed by atoms with E-state index in [9.17, 15) is 0 Å². The maximum atomic E-state index is 5.68. The fourth-order valence-corrected chi connectivity index (χ4v) is 2.04. The van der Waals surface area contributed by atoms with Crippen LogP contribution in [-0.4, -0.2) is 18.1 Å². The molecule has 0 fully saturated rings. The molecule has 16 heavy (non-hydrogen) atoms. The fraction of sp³-hybridized carbons (Fsp3) is 0.615. The summed E-state index contributed by atoms with van der Waals surface area (Å²) in [6.45, 7) is 7.02. The van der Waals surface area contributed by atoms with Gasteiger partial charge in [0.05, 0.1) is 0 Å². The van der Waals surface area contributed by atoms with Crippen molar-refractivity contribution in [2.24, 2.45) is 5.73 Å². The second kappa shape index (κ2) is 5.85. The Hall–Kier alpha value is -1.09. The van der Waals surface area contributed by atoms with Gasteiger partial charge in [0.2, 0.25) is 0 Å². The lowest BCUT2D eigenvalue weighted by molar-refractivity contribution is 0.586. The maximum Gasteiger partial charge on any atom is 0.129 e. The van der Waals surface area contributed by atoms with Gasteiger partial charge >= 0.3 is 0 Å². The van der Waals surface area contributed by atoms with Crippen molar-refractivity contribution in [1.82, 2.24) is 4.98 Å². The standard InChI is InChI=1S/C13H23N3/c1-5-12(6-2)16(4)13-8-11(9-14)7-10(3)15-13/h7-8,12H,5-6,9,14H2,1-4H3. The lowest BCUT2D eigenvalue weighted by atomic mass is 10.1. The van der Waals surface area contributed by atoms with Crippen molar-refractivity contribution < 1.29 is 0 Å². The van der Waals surface area contributed by atoms with E-state index in [1.54, 1.807) is 0 Å². The van der Waals surface area contributed by atoms with Crippen LogP contribution in [0.2, 0.25) is 0 Å². The van der Waals surface area contributed by atoms with Gasteiger partial charge in [0, 0.05) is 25.3 Å². The van der Waals surface area contributed by atoms with Crippen LogP contribution in [0.5, 0.6) is 0 Å². The third-order valence-corrected chi connectivity index (χ3v) is 3.09. The molecule has 3 nitrogen and oxygen atoms in total. The molecule has 1 aromatic rings. The molecule has 90 valence electrons. The highest BCUT2D eigenvalue weighted by atomic mass is 15.2. The van der Waals surface area contributed by atoms with Crippen LogP contribution in [0.3, 0.4) is 0 Å². The van der Waals surface area contributed by atoms with Gasteiger partial charge in [-0.25, -0.2) is 4.98 Å². The van der Waals surface area contributed by atoms with E-state index in [1.807, 2.05) is 13.0 Å². The number of hydrogen-bond donors (Lipinski definition) is 1. The van der Waals surface area contributed by atoms with Crippen LogP contribution < -0.4 is 10.6 Å². The first-order valence-corrected chi connectivity index (χ1v) is 6.02. The number of nitrogens with zero attached hydrogens (tertiary/aromatic N) is 2. The zero-order chi connectivity index (χ0) is 12.1. The third kappa shape index (κ3) is 2.95. The summed E-state index contributed by atoms with van der Waals surface area (Å²) in [6, 6.07) is 4.69. The summed E-state index contributed by atoms with van der Waals surface area (Å²) in [7, 11) is 2.11. The topological polar surface area (TPSA) is 42.1 Å². The summed E-state index contributed by atoms with van der Waals surface area (Å²) >= 11 is 0. The Labute approximate surface area is 98.7 Å². The predicted octanol–water partition coefficient (Wildman–Crippen LogP) is 2.47. The lowest BCUT2D eigenvalue weighted by Gasteiger charge is -2.28. The quantitative estimate of drug-likeness (QED) is 0.830. The molecule has 2 N–H and O–H groups in total. The van der Waals surface area contributed by atoms with Crippen LogP contribution in [0, 0.1) is 6.92 Å². The van der Waals surface area contributed by atoms with E-state index in [2.05, 4.69) is 36.8 Å². The summed E-state index contributed by atoms with van der Waals surface area (Å²) < 4.78 is 0. The van der Waals surface area contributed by atoms with Crippen molar-refractivity contribution in [3.63, 3.8) is 0 Å². The van der Waals surface area contributed by atoms with Gasteiger partial charge in [-0.05, 0) is 37.5 Å². The highest BCUT2D eigenvalue weighted by Gasteiger charge is 2.12. The van der Waals surface area contributed by atoms with E-state index in [0.717, 1.165) is 29.9 Å². The van der Waals surface area contributed by atoms with Gasteiger partial charge in [-0.2, -0.15) is 0 Å². The third-order valence-electron chi connectivity index (χ3n) is 3.09. The Balaban J connectivity index is 2.97. The van der Waals surface area contributed by atoms with Gasteiger partial charge < -0.3 is 10.6 Å². The molecular formula is C13H23N3. The SMILES string of the molecule is CCC(CC)N(C)c1cc(CN)cc(C)n1. The Morgan fingerprint density at radius 2 is 1.94 bits per heavy atom. The first-order chi connectivity index (χ1) is 7.62. The van der Waals surface area contributed by atoms with Gasteiger partial charge in [0.25, 0.3) is 0 Å². The number of anilines is 1. The molecule has 0 atom stereocenters. The zero-order valence-electron chi connectivity index (χ0n) is 10.8. The van der Waals surface area contributed by atoms with E-state index in [-0.39, 0.29) is 0 Å². The molecule has 0 saturated carbocycles. The van der Waals surface area contributed by atoms with Crippen molar-refractivity contribution in [3.8, 4) is 0 Å². The Morgan fingerprint density at radius 1 is 1.31 bits per heavy atom. The Bertz CT molecular complexity index is 332. The normalized spacial score (nSPS) is 10.9. The van der Waals surface area contributed by atoms with Gasteiger partial charge in [-0.1, -0.05) is 13.8 Å². The average Bonchev–Trinajstić information content (AvgIpc) is 2.29. The van der Waals surface area contributed by atoms with E-state index in [0.29, 0.717) is 12.6 Å². The molecule has 0 spiro atoms. The van der Waals surface area contributed by atoms with Crippen LogP contribution in [0.25, 0.3) is 0 Å². The van der Waals surface area contributed by atoms with Gasteiger partial charge in [-0.15, -0.1) is 0 Å². The summed E-state index contributed by atoms with van der Waals surface area (Å²) in [5.41, 5.74) is 7.87. The Kier molecular flexibility index (Phi) is 4.74. The minimum atomic E-state index is 0.555. The molecule has 1 aromatic heterocycles. The highest BCUT2D eigenvalue weighted by molar-refractivity contribution is 5.42. The minimum Gasteiger partial charge on any atom is -0.357 e. The summed E-state index contributed by atoms with van der Waals surface area (Å²) in [5.74, 6) is 1.04. The predicted molar refractivity (Wildman–Crippen MR) is 69.6 cm³/mol. The van der Waals surface area contributed by atoms with Crippen LogP contribution >= 0.6 is 0 Å². The molecule has 1 rings (SSSR count). The smallest absolute Gasteiger partial charge is 0.129 e. The van der Waals surface area contributed by atoms with E-state index < -0.39 is 0 Å². The number of nitrogens with two attached hydrogens (primary N) is 1. The number of aryl methyl sites for hydroxylation is 1. The van der Waals surface area contributed by atoms with Crippen LogP contribution in [0.1, 0.15) is 37.9 Å². The Morgan fingerprint density at radius 3 is 2.44 bits per heavy atom. The van der Waals surface area contributed by atoms with Crippen molar-refractivity contribution >= 4 is 5.82 Å². The largest absolute Gasteiger partial charge is 0.357 e. The fourth-order valence-electron chi connectivity index (χ4n) is 2.04. The second-order valence-corrected chi connectivity index (χ2v) is 4.26. The number of rotatable bonds is 5. The molecular weight excluding hydrogens is 198 g/mol. The number of pyridine rings is 1. The molecule has 0 saturated heterocycles. The van der Waals surface area contributed by atoms with Crippen molar-refractivity contribution in [2.45, 2.75) is 46.2 Å². The molecule has 0 bridgehead atoms. The number of aromatic nitrogens is 1. The molecule has 0 aliphatic heterocycles. The molecule has 0 aliphatic rings. The van der Waals surface area contributed by atoms with Gasteiger partial charge in [-0.3, -0.25) is 0 Å². The first kappa shape index (κ1) is 13.0. The van der Waals surface area contributed by atoms with Crippen molar-refractivity contribution in [2.75, 3.05) is 11.9 Å².